The van der Waals surface area contributed by atoms with E-state index < -0.39 is 6.10 Å². The summed E-state index contributed by atoms with van der Waals surface area (Å²) in [7, 11) is 0. The molecule has 0 aliphatic heterocycles. The summed E-state index contributed by atoms with van der Waals surface area (Å²) >= 11 is 0. The maximum absolute atomic E-state index is 12.7. The number of esters is 3. The molecule has 0 aromatic rings. The van der Waals surface area contributed by atoms with Gasteiger partial charge in [0, 0.05) is 19.3 Å². The zero-order chi connectivity index (χ0) is 39.7. The van der Waals surface area contributed by atoms with E-state index >= 15 is 0 Å². The van der Waals surface area contributed by atoms with Gasteiger partial charge in [-0.25, -0.2) is 0 Å². The van der Waals surface area contributed by atoms with Crippen molar-refractivity contribution in [3.05, 3.63) is 0 Å². The number of hydrogen-bond donors (Lipinski definition) is 0. The number of carbonyl (C=O) groups is 3. The van der Waals surface area contributed by atoms with Gasteiger partial charge in [0.1, 0.15) is 13.2 Å². The summed E-state index contributed by atoms with van der Waals surface area (Å²) < 4.78 is 16.7. The van der Waals surface area contributed by atoms with E-state index in [-0.39, 0.29) is 31.1 Å². The summed E-state index contributed by atoms with van der Waals surface area (Å²) in [4.78, 5) is 37.7. The predicted octanol–water partition coefficient (Wildman–Crippen LogP) is 15.0. The van der Waals surface area contributed by atoms with E-state index in [1.165, 1.54) is 148 Å². The molecule has 0 radical (unpaired) electrons. The molecule has 0 fully saturated rings. The van der Waals surface area contributed by atoms with Crippen LogP contribution in [0, 0.1) is 11.8 Å². The highest BCUT2D eigenvalue weighted by atomic mass is 16.6. The predicted molar refractivity (Wildman–Crippen MR) is 229 cm³/mol. The third kappa shape index (κ3) is 41.6. The molecular formula is C48H92O6. The molecule has 0 saturated carbocycles. The lowest BCUT2D eigenvalue weighted by Crippen LogP contribution is -2.30. The molecule has 0 spiro atoms. The van der Waals surface area contributed by atoms with Crippen LogP contribution in [0.4, 0.5) is 0 Å². The summed E-state index contributed by atoms with van der Waals surface area (Å²) in [5, 5.41) is 0. The van der Waals surface area contributed by atoms with E-state index in [1.807, 2.05) is 0 Å². The Bertz CT molecular complexity index is 824. The Labute approximate surface area is 336 Å². The molecule has 0 aromatic carbocycles. The van der Waals surface area contributed by atoms with Crippen molar-refractivity contribution in [3.8, 4) is 0 Å². The first-order valence-corrected chi connectivity index (χ1v) is 23.7. The second-order valence-electron chi connectivity index (χ2n) is 17.3. The Morgan fingerprint density at radius 1 is 0.352 bits per heavy atom. The summed E-state index contributed by atoms with van der Waals surface area (Å²) in [5.74, 6) is 0.716. The minimum absolute atomic E-state index is 0.0653. The first-order chi connectivity index (χ1) is 26.2. The molecule has 320 valence electrons. The van der Waals surface area contributed by atoms with Crippen molar-refractivity contribution >= 4 is 17.9 Å². The molecule has 0 N–H and O–H groups in total. The third-order valence-corrected chi connectivity index (χ3v) is 10.7. The number of carbonyl (C=O) groups excluding carboxylic acids is 3. The quantitative estimate of drug-likeness (QED) is 0.0350. The van der Waals surface area contributed by atoms with Crippen molar-refractivity contribution in [3.63, 3.8) is 0 Å². The maximum Gasteiger partial charge on any atom is 0.306 e. The molecule has 0 bridgehead atoms. The molecule has 1 atom stereocenters. The minimum atomic E-state index is -0.761. The third-order valence-electron chi connectivity index (χ3n) is 10.7. The summed E-state index contributed by atoms with van der Waals surface area (Å²) in [6.45, 7) is 11.3. The van der Waals surface area contributed by atoms with Crippen LogP contribution in [0.2, 0.25) is 0 Å². The van der Waals surface area contributed by atoms with E-state index in [1.54, 1.807) is 0 Å². The molecule has 0 heterocycles. The lowest BCUT2D eigenvalue weighted by atomic mass is 10.0. The standard InChI is InChI=1S/C48H92O6/c1-6-7-8-9-10-11-12-13-14-15-16-17-23-28-33-38-46(49)52-41-45(42-53-47(50)39-34-29-25-20-22-27-32-37-44(4)5)54-48(51)40-35-30-24-19-18-21-26-31-36-43(2)3/h43-45H,6-42H2,1-5H3/t45-/m0/s1. The molecule has 6 nitrogen and oxygen atoms in total. The van der Waals surface area contributed by atoms with Crippen LogP contribution in [0.25, 0.3) is 0 Å². The van der Waals surface area contributed by atoms with Crippen molar-refractivity contribution in [1.29, 1.82) is 0 Å². The first kappa shape index (κ1) is 52.4. The van der Waals surface area contributed by atoms with Crippen LogP contribution in [0.5, 0.6) is 0 Å². The first-order valence-electron chi connectivity index (χ1n) is 23.7. The Hall–Kier alpha value is -1.59. The fourth-order valence-corrected chi connectivity index (χ4v) is 7.11. The van der Waals surface area contributed by atoms with Gasteiger partial charge in [-0.15, -0.1) is 0 Å². The molecule has 0 rings (SSSR count). The van der Waals surface area contributed by atoms with Crippen molar-refractivity contribution in [2.24, 2.45) is 11.8 Å². The number of ether oxygens (including phenoxy) is 3. The topological polar surface area (TPSA) is 78.9 Å². The highest BCUT2D eigenvalue weighted by Crippen LogP contribution is 2.17. The second-order valence-corrected chi connectivity index (χ2v) is 17.3. The largest absolute Gasteiger partial charge is 0.462 e. The SMILES string of the molecule is CCCCCCCCCCCCCCCCCC(=O)OC[C@@H](COC(=O)CCCCCCCCCC(C)C)OC(=O)CCCCCCCCCCC(C)C. The van der Waals surface area contributed by atoms with Gasteiger partial charge in [0.05, 0.1) is 0 Å². The van der Waals surface area contributed by atoms with Crippen LogP contribution >= 0.6 is 0 Å². The van der Waals surface area contributed by atoms with E-state index in [9.17, 15) is 14.4 Å². The lowest BCUT2D eigenvalue weighted by Gasteiger charge is -2.18. The average Bonchev–Trinajstić information content (AvgIpc) is 3.14. The maximum atomic E-state index is 12.7. The lowest BCUT2D eigenvalue weighted by molar-refractivity contribution is -0.167. The van der Waals surface area contributed by atoms with Gasteiger partial charge < -0.3 is 14.2 Å². The van der Waals surface area contributed by atoms with Crippen LogP contribution in [0.1, 0.15) is 259 Å². The fraction of sp³-hybridized carbons (Fsp3) is 0.938. The molecule has 0 amide bonds. The zero-order valence-corrected chi connectivity index (χ0v) is 36.8. The smallest absolute Gasteiger partial charge is 0.306 e. The van der Waals surface area contributed by atoms with Gasteiger partial charge in [0.15, 0.2) is 6.10 Å². The summed E-state index contributed by atoms with van der Waals surface area (Å²) in [6.07, 6.45) is 39.6. The van der Waals surface area contributed by atoms with Gasteiger partial charge >= 0.3 is 17.9 Å². The highest BCUT2D eigenvalue weighted by molar-refractivity contribution is 5.71. The zero-order valence-electron chi connectivity index (χ0n) is 36.8. The normalized spacial score (nSPS) is 12.1. The van der Waals surface area contributed by atoms with Gasteiger partial charge in [-0.2, -0.15) is 0 Å². The fourth-order valence-electron chi connectivity index (χ4n) is 7.11. The molecule has 54 heavy (non-hydrogen) atoms. The Morgan fingerprint density at radius 3 is 0.907 bits per heavy atom. The van der Waals surface area contributed by atoms with E-state index in [2.05, 4.69) is 34.6 Å². The van der Waals surface area contributed by atoms with Crippen LogP contribution in [-0.2, 0) is 28.6 Å². The van der Waals surface area contributed by atoms with Crippen molar-refractivity contribution in [2.75, 3.05) is 13.2 Å². The molecule has 0 unspecified atom stereocenters. The van der Waals surface area contributed by atoms with Gasteiger partial charge in [0.25, 0.3) is 0 Å². The number of hydrogen-bond acceptors (Lipinski definition) is 6. The van der Waals surface area contributed by atoms with Gasteiger partial charge in [-0.05, 0) is 31.1 Å². The van der Waals surface area contributed by atoms with E-state index in [0.717, 1.165) is 69.6 Å². The highest BCUT2D eigenvalue weighted by Gasteiger charge is 2.19. The van der Waals surface area contributed by atoms with Crippen LogP contribution in [0.3, 0.4) is 0 Å². The molecule has 0 saturated heterocycles. The second kappa shape index (κ2) is 41.1. The van der Waals surface area contributed by atoms with Crippen LogP contribution in [-0.4, -0.2) is 37.2 Å². The summed E-state index contributed by atoms with van der Waals surface area (Å²) in [6, 6.07) is 0. The number of rotatable bonds is 42. The van der Waals surface area contributed by atoms with E-state index in [4.69, 9.17) is 14.2 Å². The van der Waals surface area contributed by atoms with Gasteiger partial charge in [-0.3, -0.25) is 14.4 Å². The van der Waals surface area contributed by atoms with Crippen LogP contribution in [0.15, 0.2) is 0 Å². The molecule has 0 aromatic heterocycles. The monoisotopic (exact) mass is 765 g/mol. The molecule has 0 aliphatic rings. The molecular weight excluding hydrogens is 673 g/mol. The Balaban J connectivity index is 4.30. The molecule has 0 aliphatic carbocycles. The van der Waals surface area contributed by atoms with Crippen molar-refractivity contribution in [2.45, 2.75) is 265 Å². The number of unbranched alkanes of at least 4 members (excludes halogenated alkanes) is 27. The van der Waals surface area contributed by atoms with Crippen molar-refractivity contribution < 1.29 is 28.6 Å². The average molecular weight is 765 g/mol. The van der Waals surface area contributed by atoms with Gasteiger partial charge in [0.2, 0.25) is 0 Å². The van der Waals surface area contributed by atoms with E-state index in [0.29, 0.717) is 19.3 Å². The summed E-state index contributed by atoms with van der Waals surface area (Å²) in [5.41, 5.74) is 0. The van der Waals surface area contributed by atoms with Crippen molar-refractivity contribution in [1.82, 2.24) is 0 Å². The van der Waals surface area contributed by atoms with Crippen LogP contribution < -0.4 is 0 Å². The Morgan fingerprint density at radius 2 is 0.611 bits per heavy atom. The van der Waals surface area contributed by atoms with Gasteiger partial charge in [-0.1, -0.05) is 221 Å². The Kier molecular flexibility index (Phi) is 39.8. The molecule has 6 heteroatoms. The minimum Gasteiger partial charge on any atom is -0.462 e.